The first-order valence-corrected chi connectivity index (χ1v) is 11.2. The largest absolute Gasteiger partial charge is 0.506 e. The predicted octanol–water partition coefficient (Wildman–Crippen LogP) is 2.41. The number of nitrogens with zero attached hydrogens (tertiary/aromatic N) is 1. The SMILES string of the molecule is Cl.Cl.O=c1[nH]c2c(O)ccc([C@@H](O)CNCCc3cccc(CN4CCNCC4)c3)c2s1. The Morgan fingerprint density at radius 2 is 1.88 bits per heavy atom. The van der Waals surface area contributed by atoms with Gasteiger partial charge in [0.1, 0.15) is 11.3 Å². The second-order valence-corrected chi connectivity index (χ2v) is 8.69. The van der Waals surface area contributed by atoms with Crippen LogP contribution < -0.4 is 15.5 Å². The Labute approximate surface area is 203 Å². The standard InChI is InChI=1S/C22H28N4O3S.2ClH/c27-18-5-4-17(21-20(18)25-22(29)30-21)19(28)13-24-7-6-15-2-1-3-16(12-15)14-26-10-8-23-9-11-26;;/h1-5,12,19,23-24,27-28H,6-11,13-14H2,(H,25,29);2*1H/t19-;;/m0../s1. The summed E-state index contributed by atoms with van der Waals surface area (Å²) < 4.78 is 0.606. The molecule has 7 nitrogen and oxygen atoms in total. The smallest absolute Gasteiger partial charge is 0.305 e. The van der Waals surface area contributed by atoms with Gasteiger partial charge < -0.3 is 25.8 Å². The molecule has 2 heterocycles. The zero-order valence-corrected chi connectivity index (χ0v) is 20.1. The quantitative estimate of drug-likeness (QED) is 0.304. The van der Waals surface area contributed by atoms with E-state index in [0.29, 0.717) is 22.3 Å². The van der Waals surface area contributed by atoms with Crippen molar-refractivity contribution in [2.75, 3.05) is 39.3 Å². The molecule has 0 amide bonds. The van der Waals surface area contributed by atoms with E-state index in [4.69, 9.17) is 0 Å². The zero-order valence-electron chi connectivity index (χ0n) is 17.7. The lowest BCUT2D eigenvalue weighted by atomic mass is 10.1. The number of aliphatic hydroxyl groups is 1. The number of hydrogen-bond acceptors (Lipinski definition) is 7. The fraction of sp³-hybridized carbons (Fsp3) is 0.409. The number of rotatable bonds is 8. The molecule has 1 saturated heterocycles. The van der Waals surface area contributed by atoms with E-state index in [2.05, 4.69) is 44.8 Å². The van der Waals surface area contributed by atoms with Crippen LogP contribution in [0.3, 0.4) is 0 Å². The van der Waals surface area contributed by atoms with Gasteiger partial charge in [0, 0.05) is 44.8 Å². The van der Waals surface area contributed by atoms with Gasteiger partial charge in [0.05, 0.1) is 10.8 Å². The third-order valence-electron chi connectivity index (χ3n) is 5.48. The lowest BCUT2D eigenvalue weighted by Gasteiger charge is -2.27. The van der Waals surface area contributed by atoms with Crippen molar-refractivity contribution < 1.29 is 10.2 Å². The van der Waals surface area contributed by atoms with Crippen LogP contribution in [0.2, 0.25) is 0 Å². The number of phenolic OH excluding ortho intramolecular Hbond substituents is 1. The summed E-state index contributed by atoms with van der Waals surface area (Å²) in [7, 11) is 0. The van der Waals surface area contributed by atoms with E-state index in [9.17, 15) is 15.0 Å². The van der Waals surface area contributed by atoms with E-state index in [1.807, 2.05) is 0 Å². The molecule has 3 aromatic rings. The molecule has 4 rings (SSSR count). The van der Waals surface area contributed by atoms with E-state index >= 15 is 0 Å². The molecule has 0 bridgehead atoms. The maximum atomic E-state index is 11.6. The zero-order chi connectivity index (χ0) is 20.9. The normalized spacial score (nSPS) is 15.2. The summed E-state index contributed by atoms with van der Waals surface area (Å²) in [5, 5.41) is 27.2. The first kappa shape index (κ1) is 26.6. The Morgan fingerprint density at radius 3 is 2.66 bits per heavy atom. The first-order chi connectivity index (χ1) is 14.6. The van der Waals surface area contributed by atoms with Crippen molar-refractivity contribution in [1.29, 1.82) is 0 Å². The molecular weight excluding hydrogens is 471 g/mol. The number of piperazine rings is 1. The number of fused-ring (bicyclic) bond motifs is 1. The molecule has 176 valence electrons. The van der Waals surface area contributed by atoms with Crippen molar-refractivity contribution in [3.63, 3.8) is 0 Å². The van der Waals surface area contributed by atoms with Gasteiger partial charge in [-0.25, -0.2) is 0 Å². The highest BCUT2D eigenvalue weighted by molar-refractivity contribution is 7.16. The Morgan fingerprint density at radius 1 is 1.12 bits per heavy atom. The number of aliphatic hydroxyl groups excluding tert-OH is 1. The number of halogens is 2. The minimum absolute atomic E-state index is 0. The molecule has 0 radical (unpaired) electrons. The summed E-state index contributed by atoms with van der Waals surface area (Å²) in [4.78, 5) is 16.5. The average Bonchev–Trinajstić information content (AvgIpc) is 3.15. The molecule has 5 N–H and O–H groups in total. The van der Waals surface area contributed by atoms with Crippen LogP contribution in [0.25, 0.3) is 10.2 Å². The van der Waals surface area contributed by atoms with Gasteiger partial charge in [-0.1, -0.05) is 41.7 Å². The number of aromatic amines is 1. The van der Waals surface area contributed by atoms with Crippen LogP contribution in [0.4, 0.5) is 0 Å². The molecular formula is C22H30Cl2N4O3S. The molecule has 1 aliphatic rings. The third-order valence-corrected chi connectivity index (χ3v) is 6.41. The molecule has 10 heteroatoms. The van der Waals surface area contributed by atoms with Gasteiger partial charge in [-0.2, -0.15) is 0 Å². The first-order valence-electron chi connectivity index (χ1n) is 10.3. The monoisotopic (exact) mass is 500 g/mol. The molecule has 0 aliphatic carbocycles. The highest BCUT2D eigenvalue weighted by atomic mass is 35.5. The van der Waals surface area contributed by atoms with Crippen molar-refractivity contribution in [3.05, 3.63) is 62.8 Å². The number of hydrogen-bond donors (Lipinski definition) is 5. The van der Waals surface area contributed by atoms with Crippen LogP contribution in [-0.4, -0.2) is 59.4 Å². The van der Waals surface area contributed by atoms with Gasteiger partial charge in [0.2, 0.25) is 0 Å². The van der Waals surface area contributed by atoms with Crippen LogP contribution in [-0.2, 0) is 13.0 Å². The topological polar surface area (TPSA) is 101 Å². The number of phenols is 1. The third kappa shape index (κ3) is 6.68. The maximum absolute atomic E-state index is 11.6. The molecule has 0 saturated carbocycles. The molecule has 0 spiro atoms. The summed E-state index contributed by atoms with van der Waals surface area (Å²) in [6.45, 7) is 6.40. The van der Waals surface area contributed by atoms with Crippen molar-refractivity contribution in [3.8, 4) is 5.75 Å². The fourth-order valence-electron chi connectivity index (χ4n) is 3.89. The second kappa shape index (κ2) is 12.6. The van der Waals surface area contributed by atoms with E-state index in [0.717, 1.165) is 57.0 Å². The number of H-pyrrole nitrogens is 1. The second-order valence-electron chi connectivity index (χ2n) is 7.71. The van der Waals surface area contributed by atoms with Crippen molar-refractivity contribution in [1.82, 2.24) is 20.5 Å². The summed E-state index contributed by atoms with van der Waals surface area (Å²) >= 11 is 1.01. The Bertz CT molecular complexity index is 1050. The minimum atomic E-state index is -0.751. The van der Waals surface area contributed by atoms with Gasteiger partial charge in [-0.05, 0) is 30.2 Å². The van der Waals surface area contributed by atoms with Crippen molar-refractivity contribution >= 4 is 46.4 Å². The summed E-state index contributed by atoms with van der Waals surface area (Å²) in [6.07, 6.45) is 0.128. The number of benzene rings is 2. The Kier molecular flexibility index (Phi) is 10.4. The van der Waals surface area contributed by atoms with Gasteiger partial charge in [0.15, 0.2) is 0 Å². The Balaban J connectivity index is 0.00000181. The summed E-state index contributed by atoms with van der Waals surface area (Å²) in [6, 6.07) is 11.9. The van der Waals surface area contributed by atoms with Crippen LogP contribution in [0.5, 0.6) is 5.75 Å². The van der Waals surface area contributed by atoms with Crippen LogP contribution >= 0.6 is 36.2 Å². The molecule has 1 fully saturated rings. The highest BCUT2D eigenvalue weighted by Gasteiger charge is 2.16. The summed E-state index contributed by atoms with van der Waals surface area (Å²) in [5.41, 5.74) is 3.66. The average molecular weight is 501 g/mol. The summed E-state index contributed by atoms with van der Waals surface area (Å²) in [5.74, 6) is 0.0213. The van der Waals surface area contributed by atoms with Gasteiger partial charge in [-0.15, -0.1) is 24.8 Å². The fourth-order valence-corrected chi connectivity index (χ4v) is 4.81. The van der Waals surface area contributed by atoms with E-state index in [-0.39, 0.29) is 35.4 Å². The Hall–Kier alpha value is -1.65. The highest BCUT2D eigenvalue weighted by Crippen LogP contribution is 2.31. The molecule has 2 aromatic carbocycles. The molecule has 1 aliphatic heterocycles. The maximum Gasteiger partial charge on any atom is 0.305 e. The number of aromatic hydroxyl groups is 1. The lowest BCUT2D eigenvalue weighted by Crippen LogP contribution is -2.42. The number of aromatic nitrogens is 1. The predicted molar refractivity (Wildman–Crippen MR) is 135 cm³/mol. The number of nitrogens with one attached hydrogen (secondary N) is 3. The van der Waals surface area contributed by atoms with E-state index < -0.39 is 6.10 Å². The van der Waals surface area contributed by atoms with Crippen molar-refractivity contribution in [2.24, 2.45) is 0 Å². The van der Waals surface area contributed by atoms with E-state index in [1.165, 1.54) is 17.2 Å². The van der Waals surface area contributed by atoms with Gasteiger partial charge in [0.25, 0.3) is 0 Å². The van der Waals surface area contributed by atoms with Crippen LogP contribution in [0, 0.1) is 0 Å². The molecule has 1 aromatic heterocycles. The van der Waals surface area contributed by atoms with Gasteiger partial charge >= 0.3 is 4.87 Å². The van der Waals surface area contributed by atoms with Gasteiger partial charge in [-0.3, -0.25) is 9.69 Å². The molecule has 0 unspecified atom stereocenters. The lowest BCUT2D eigenvalue weighted by molar-refractivity contribution is 0.176. The molecule has 32 heavy (non-hydrogen) atoms. The van der Waals surface area contributed by atoms with E-state index in [1.54, 1.807) is 6.07 Å². The van der Waals surface area contributed by atoms with Crippen LogP contribution in [0.1, 0.15) is 22.8 Å². The molecule has 1 atom stereocenters. The minimum Gasteiger partial charge on any atom is -0.506 e. The van der Waals surface area contributed by atoms with Crippen LogP contribution in [0.15, 0.2) is 41.2 Å². The number of thiazole rings is 1. The van der Waals surface area contributed by atoms with Crippen molar-refractivity contribution in [2.45, 2.75) is 19.1 Å².